The predicted molar refractivity (Wildman–Crippen MR) is 141 cm³/mol. The zero-order chi connectivity index (χ0) is 24.5. The summed E-state index contributed by atoms with van der Waals surface area (Å²) in [5.74, 6) is 1.87. The van der Waals surface area contributed by atoms with Crippen LogP contribution in [0.2, 0.25) is 5.02 Å². The van der Waals surface area contributed by atoms with E-state index in [1.54, 1.807) is 31.4 Å². The van der Waals surface area contributed by atoms with Gasteiger partial charge < -0.3 is 18.9 Å². The van der Waals surface area contributed by atoms with Crippen LogP contribution in [0.1, 0.15) is 28.4 Å². The molecule has 7 nitrogen and oxygen atoms in total. The summed E-state index contributed by atoms with van der Waals surface area (Å²) in [6.07, 6.45) is 1.54. The van der Waals surface area contributed by atoms with Crippen LogP contribution in [0.3, 0.4) is 0 Å². The van der Waals surface area contributed by atoms with Crippen molar-refractivity contribution in [3.05, 3.63) is 79.9 Å². The van der Waals surface area contributed by atoms with Gasteiger partial charge in [0.25, 0.3) is 5.91 Å². The van der Waals surface area contributed by atoms with Crippen LogP contribution in [-0.4, -0.2) is 32.9 Å². The highest BCUT2D eigenvalue weighted by Crippen LogP contribution is 2.34. The summed E-state index contributed by atoms with van der Waals surface area (Å²) in [7, 11) is 3.10. The molecule has 0 unspecified atom stereocenters. The largest absolute Gasteiger partial charge is 0.493 e. The van der Waals surface area contributed by atoms with Crippen LogP contribution in [0.5, 0.6) is 23.0 Å². The highest BCUT2D eigenvalue weighted by molar-refractivity contribution is 14.1. The quantitative estimate of drug-likeness (QED) is 0.185. The Morgan fingerprint density at radius 1 is 1.00 bits per heavy atom. The number of halogens is 2. The van der Waals surface area contributed by atoms with Gasteiger partial charge in [0.2, 0.25) is 0 Å². The molecule has 34 heavy (non-hydrogen) atoms. The first-order valence-electron chi connectivity index (χ1n) is 10.3. The van der Waals surface area contributed by atoms with Crippen molar-refractivity contribution < 1.29 is 23.7 Å². The average molecular weight is 595 g/mol. The number of benzene rings is 3. The summed E-state index contributed by atoms with van der Waals surface area (Å²) in [5, 5.41) is 4.75. The third-order valence-electron chi connectivity index (χ3n) is 4.65. The fourth-order valence-corrected chi connectivity index (χ4v) is 3.91. The molecule has 0 saturated heterocycles. The SMILES string of the molecule is CCOc1ccc(C(=O)N/N=C/c2cc(I)c(OCc3ccc(Cl)cc3)c(OC)c2)cc1OC. The highest BCUT2D eigenvalue weighted by atomic mass is 127. The van der Waals surface area contributed by atoms with Crippen LogP contribution in [0.25, 0.3) is 0 Å². The number of hydrazone groups is 1. The Bertz CT molecular complexity index is 1170. The molecular weight excluding hydrogens is 571 g/mol. The number of hydrogen-bond acceptors (Lipinski definition) is 6. The van der Waals surface area contributed by atoms with Crippen molar-refractivity contribution in [3.8, 4) is 23.0 Å². The number of carbonyl (C=O) groups excluding carboxylic acids is 1. The molecule has 3 rings (SSSR count). The zero-order valence-corrected chi connectivity index (χ0v) is 21.8. The summed E-state index contributed by atoms with van der Waals surface area (Å²) in [6, 6.07) is 16.1. The van der Waals surface area contributed by atoms with Gasteiger partial charge in [0.1, 0.15) is 6.61 Å². The Kier molecular flexibility index (Phi) is 9.41. The lowest BCUT2D eigenvalue weighted by Crippen LogP contribution is -2.17. The van der Waals surface area contributed by atoms with Crippen molar-refractivity contribution in [3.63, 3.8) is 0 Å². The van der Waals surface area contributed by atoms with E-state index in [1.807, 2.05) is 37.3 Å². The monoisotopic (exact) mass is 594 g/mol. The van der Waals surface area contributed by atoms with E-state index in [2.05, 4.69) is 33.1 Å². The van der Waals surface area contributed by atoms with Crippen molar-refractivity contribution in [2.45, 2.75) is 13.5 Å². The number of nitrogens with zero attached hydrogens (tertiary/aromatic N) is 1. The van der Waals surface area contributed by atoms with Crippen molar-refractivity contribution in [1.29, 1.82) is 0 Å². The molecule has 0 aliphatic heterocycles. The Hall–Kier alpha value is -2.98. The van der Waals surface area contributed by atoms with Gasteiger partial charge in [-0.15, -0.1) is 0 Å². The summed E-state index contributed by atoms with van der Waals surface area (Å²) in [4.78, 5) is 12.5. The Labute approximate surface area is 217 Å². The average Bonchev–Trinajstić information content (AvgIpc) is 2.84. The van der Waals surface area contributed by atoms with Crippen LogP contribution < -0.4 is 24.4 Å². The summed E-state index contributed by atoms with van der Waals surface area (Å²) < 4.78 is 23.1. The Morgan fingerprint density at radius 3 is 2.41 bits per heavy atom. The molecular formula is C25H24ClIN2O5. The fourth-order valence-electron chi connectivity index (χ4n) is 3.00. The van der Waals surface area contributed by atoms with E-state index in [-0.39, 0.29) is 5.91 Å². The van der Waals surface area contributed by atoms with Gasteiger partial charge in [0, 0.05) is 10.6 Å². The molecule has 0 atom stereocenters. The van der Waals surface area contributed by atoms with Gasteiger partial charge in [-0.05, 0) is 83.1 Å². The van der Waals surface area contributed by atoms with E-state index in [1.165, 1.54) is 13.3 Å². The van der Waals surface area contributed by atoms with E-state index in [0.29, 0.717) is 46.8 Å². The van der Waals surface area contributed by atoms with Crippen LogP contribution in [0.15, 0.2) is 59.7 Å². The minimum Gasteiger partial charge on any atom is -0.493 e. The van der Waals surface area contributed by atoms with E-state index in [9.17, 15) is 4.79 Å². The maximum absolute atomic E-state index is 12.5. The topological polar surface area (TPSA) is 78.4 Å². The van der Waals surface area contributed by atoms with Gasteiger partial charge >= 0.3 is 0 Å². The molecule has 0 aliphatic carbocycles. The molecule has 0 fully saturated rings. The van der Waals surface area contributed by atoms with Gasteiger partial charge in [-0.1, -0.05) is 23.7 Å². The molecule has 0 aliphatic rings. The third-order valence-corrected chi connectivity index (χ3v) is 5.71. The minimum atomic E-state index is -0.373. The number of carbonyl (C=O) groups is 1. The van der Waals surface area contributed by atoms with Crippen LogP contribution in [0, 0.1) is 3.57 Å². The molecule has 0 heterocycles. The molecule has 3 aromatic rings. The van der Waals surface area contributed by atoms with Gasteiger partial charge in [0.05, 0.1) is 30.6 Å². The zero-order valence-electron chi connectivity index (χ0n) is 18.9. The molecule has 0 saturated carbocycles. The molecule has 3 aromatic carbocycles. The maximum atomic E-state index is 12.5. The van der Waals surface area contributed by atoms with Crippen molar-refractivity contribution in [2.24, 2.45) is 5.10 Å². The molecule has 9 heteroatoms. The number of ether oxygens (including phenoxy) is 4. The fraction of sp³-hybridized carbons (Fsp3) is 0.200. The second-order valence-electron chi connectivity index (χ2n) is 6.95. The maximum Gasteiger partial charge on any atom is 0.271 e. The van der Waals surface area contributed by atoms with Crippen LogP contribution >= 0.6 is 34.2 Å². The smallest absolute Gasteiger partial charge is 0.271 e. The highest BCUT2D eigenvalue weighted by Gasteiger charge is 2.13. The van der Waals surface area contributed by atoms with Gasteiger partial charge in [0.15, 0.2) is 23.0 Å². The molecule has 0 aromatic heterocycles. The first-order chi connectivity index (χ1) is 16.4. The Balaban J connectivity index is 1.68. The molecule has 178 valence electrons. The number of amides is 1. The number of nitrogens with one attached hydrogen (secondary N) is 1. The van der Waals surface area contributed by atoms with Crippen molar-refractivity contribution in [1.82, 2.24) is 5.43 Å². The van der Waals surface area contributed by atoms with Crippen LogP contribution in [0.4, 0.5) is 0 Å². The Morgan fingerprint density at radius 2 is 1.74 bits per heavy atom. The molecule has 0 radical (unpaired) electrons. The van der Waals surface area contributed by atoms with Crippen LogP contribution in [-0.2, 0) is 6.61 Å². The lowest BCUT2D eigenvalue weighted by atomic mass is 10.2. The van der Waals surface area contributed by atoms with Crippen molar-refractivity contribution in [2.75, 3.05) is 20.8 Å². The summed E-state index contributed by atoms with van der Waals surface area (Å²) >= 11 is 8.11. The van der Waals surface area contributed by atoms with E-state index in [0.717, 1.165) is 14.7 Å². The number of rotatable bonds is 10. The van der Waals surface area contributed by atoms with E-state index < -0.39 is 0 Å². The molecule has 0 spiro atoms. The normalized spacial score (nSPS) is 10.7. The van der Waals surface area contributed by atoms with Gasteiger partial charge in [-0.2, -0.15) is 5.10 Å². The molecule has 1 amide bonds. The lowest BCUT2D eigenvalue weighted by molar-refractivity contribution is 0.0954. The number of hydrogen-bond donors (Lipinski definition) is 1. The summed E-state index contributed by atoms with van der Waals surface area (Å²) in [5.41, 5.74) is 4.65. The minimum absolute atomic E-state index is 0.373. The summed E-state index contributed by atoms with van der Waals surface area (Å²) in [6.45, 7) is 2.75. The predicted octanol–water partition coefficient (Wildman–Crippen LogP) is 5.70. The van der Waals surface area contributed by atoms with Gasteiger partial charge in [-0.3, -0.25) is 4.79 Å². The second-order valence-corrected chi connectivity index (χ2v) is 8.55. The first kappa shape index (κ1) is 25.6. The molecule has 0 bridgehead atoms. The van der Waals surface area contributed by atoms with Crippen molar-refractivity contribution >= 4 is 46.3 Å². The first-order valence-corrected chi connectivity index (χ1v) is 11.8. The van der Waals surface area contributed by atoms with E-state index >= 15 is 0 Å². The standard InChI is InChI=1S/C25H24ClIN2O5/c1-4-33-21-10-7-18(13-22(21)31-2)25(30)29-28-14-17-11-20(27)24(23(12-17)32-3)34-15-16-5-8-19(26)9-6-16/h5-14H,4,15H2,1-3H3,(H,29,30)/b28-14+. The number of methoxy groups -OCH3 is 2. The lowest BCUT2D eigenvalue weighted by Gasteiger charge is -2.13. The third kappa shape index (κ3) is 6.77. The van der Waals surface area contributed by atoms with E-state index in [4.69, 9.17) is 30.5 Å². The second kappa shape index (κ2) is 12.5. The molecule has 1 N–H and O–H groups in total. The van der Waals surface area contributed by atoms with Gasteiger partial charge in [-0.25, -0.2) is 5.43 Å².